The molecule has 3 aromatic carbocycles. The molecule has 220 valence electrons. The van der Waals surface area contributed by atoms with Gasteiger partial charge in [-0.15, -0.1) is 0 Å². The van der Waals surface area contributed by atoms with Gasteiger partial charge in [-0.3, -0.25) is 13.9 Å². The summed E-state index contributed by atoms with van der Waals surface area (Å²) in [7, 11) is -4.15. The van der Waals surface area contributed by atoms with Gasteiger partial charge in [-0.2, -0.15) is 0 Å². The van der Waals surface area contributed by atoms with E-state index in [0.29, 0.717) is 24.6 Å². The first kappa shape index (κ1) is 32.1. The summed E-state index contributed by atoms with van der Waals surface area (Å²) in [6.07, 6.45) is 0. The zero-order valence-electron chi connectivity index (χ0n) is 24.1. The van der Waals surface area contributed by atoms with E-state index < -0.39 is 28.5 Å². The summed E-state index contributed by atoms with van der Waals surface area (Å²) in [5.74, 6) is 0.00787. The minimum absolute atomic E-state index is 0.0372. The molecule has 0 saturated carbocycles. The van der Waals surface area contributed by atoms with Gasteiger partial charge in [0.2, 0.25) is 11.8 Å². The number of ether oxygens (including phenoxy) is 1. The van der Waals surface area contributed by atoms with E-state index in [0.717, 1.165) is 19.9 Å². The van der Waals surface area contributed by atoms with Crippen molar-refractivity contribution >= 4 is 43.5 Å². The van der Waals surface area contributed by atoms with Crippen molar-refractivity contribution in [3.8, 4) is 5.75 Å². The van der Waals surface area contributed by atoms with Gasteiger partial charge < -0.3 is 15.0 Å². The summed E-state index contributed by atoms with van der Waals surface area (Å²) >= 11 is 3.34. The number of anilines is 1. The number of carbonyl (C=O) groups is 2. The SMILES string of the molecule is CCOc1ccc(N(CC(=O)N(Cc2ccc(C)cc2)[C@H](C)C(=O)NCC(C)C)S(=O)(=O)c2ccc(Br)cc2)cc1. The molecular formula is C31H38BrN3O5S. The average molecular weight is 645 g/mol. The van der Waals surface area contributed by atoms with E-state index in [1.165, 1.54) is 17.0 Å². The van der Waals surface area contributed by atoms with Crippen LogP contribution < -0.4 is 14.4 Å². The molecule has 1 N–H and O–H groups in total. The molecular weight excluding hydrogens is 606 g/mol. The molecule has 3 aromatic rings. The highest BCUT2D eigenvalue weighted by atomic mass is 79.9. The maximum absolute atomic E-state index is 14.0. The predicted molar refractivity (Wildman–Crippen MR) is 165 cm³/mol. The van der Waals surface area contributed by atoms with Crippen LogP contribution in [0, 0.1) is 12.8 Å². The van der Waals surface area contributed by atoms with Crippen molar-refractivity contribution in [2.24, 2.45) is 5.92 Å². The quantitative estimate of drug-likeness (QED) is 0.264. The first-order valence-corrected chi connectivity index (χ1v) is 15.8. The van der Waals surface area contributed by atoms with Gasteiger partial charge >= 0.3 is 0 Å². The molecule has 0 radical (unpaired) electrons. The molecule has 1 atom stereocenters. The summed E-state index contributed by atoms with van der Waals surface area (Å²) in [6, 6.07) is 19.6. The van der Waals surface area contributed by atoms with E-state index in [1.54, 1.807) is 43.3 Å². The van der Waals surface area contributed by atoms with Crippen LogP contribution in [0.4, 0.5) is 5.69 Å². The molecule has 0 bridgehead atoms. The van der Waals surface area contributed by atoms with E-state index in [-0.39, 0.29) is 23.3 Å². The summed E-state index contributed by atoms with van der Waals surface area (Å²) in [5.41, 5.74) is 2.20. The lowest BCUT2D eigenvalue weighted by Crippen LogP contribution is -2.51. The Bertz CT molecular complexity index is 1410. The fourth-order valence-corrected chi connectivity index (χ4v) is 5.74. The number of hydrogen-bond acceptors (Lipinski definition) is 5. The topological polar surface area (TPSA) is 96.0 Å². The van der Waals surface area contributed by atoms with Crippen molar-refractivity contribution in [1.82, 2.24) is 10.2 Å². The third-order valence-electron chi connectivity index (χ3n) is 6.44. The smallest absolute Gasteiger partial charge is 0.264 e. The number of rotatable bonds is 13. The van der Waals surface area contributed by atoms with E-state index in [9.17, 15) is 18.0 Å². The number of hydrogen-bond donors (Lipinski definition) is 1. The van der Waals surface area contributed by atoms with Crippen LogP contribution in [0.2, 0.25) is 0 Å². The normalized spacial score (nSPS) is 12.1. The van der Waals surface area contributed by atoms with Gasteiger partial charge in [-0.1, -0.05) is 59.6 Å². The summed E-state index contributed by atoms with van der Waals surface area (Å²) in [5, 5.41) is 2.89. The van der Waals surface area contributed by atoms with Gasteiger partial charge in [0.1, 0.15) is 18.3 Å². The number of nitrogens with one attached hydrogen (secondary N) is 1. The molecule has 2 amide bonds. The van der Waals surface area contributed by atoms with Gasteiger partial charge in [0.05, 0.1) is 17.2 Å². The third-order valence-corrected chi connectivity index (χ3v) is 8.76. The molecule has 8 nitrogen and oxygen atoms in total. The fourth-order valence-electron chi connectivity index (χ4n) is 4.06. The second-order valence-corrected chi connectivity index (χ2v) is 13.0. The van der Waals surface area contributed by atoms with Gasteiger partial charge in [0.25, 0.3) is 10.0 Å². The summed E-state index contributed by atoms with van der Waals surface area (Å²) in [4.78, 5) is 28.5. The Morgan fingerprint density at radius 3 is 2.10 bits per heavy atom. The van der Waals surface area contributed by atoms with Crippen molar-refractivity contribution in [2.45, 2.75) is 52.1 Å². The highest BCUT2D eigenvalue weighted by Crippen LogP contribution is 2.27. The Morgan fingerprint density at radius 1 is 0.927 bits per heavy atom. The summed E-state index contributed by atoms with van der Waals surface area (Å²) < 4.78 is 35.2. The van der Waals surface area contributed by atoms with E-state index in [2.05, 4.69) is 21.2 Å². The van der Waals surface area contributed by atoms with E-state index in [4.69, 9.17) is 4.74 Å². The standard InChI is InChI=1S/C31H38BrN3O5S/c1-6-40-28-15-13-27(14-16-28)35(41(38,39)29-17-11-26(32)12-18-29)21-30(36)34(20-25-9-7-23(4)8-10-25)24(5)31(37)33-19-22(2)3/h7-18,22,24H,6,19-21H2,1-5H3,(H,33,37)/t24-/m1/s1. The number of halogens is 1. The van der Waals surface area contributed by atoms with Crippen LogP contribution in [0.3, 0.4) is 0 Å². The Hall–Kier alpha value is -3.37. The molecule has 0 spiro atoms. The molecule has 0 fully saturated rings. The number of carbonyl (C=O) groups excluding carboxylic acids is 2. The number of sulfonamides is 1. The molecule has 0 aromatic heterocycles. The number of aryl methyl sites for hydroxylation is 1. The van der Waals surface area contributed by atoms with Crippen LogP contribution >= 0.6 is 15.9 Å². The monoisotopic (exact) mass is 643 g/mol. The first-order valence-electron chi connectivity index (χ1n) is 13.6. The average Bonchev–Trinajstić information content (AvgIpc) is 2.94. The second-order valence-electron chi connectivity index (χ2n) is 10.2. The van der Waals surface area contributed by atoms with E-state index >= 15 is 0 Å². The van der Waals surface area contributed by atoms with Crippen LogP contribution in [-0.4, -0.2) is 50.9 Å². The molecule has 0 heterocycles. The first-order chi connectivity index (χ1) is 19.4. The highest BCUT2D eigenvalue weighted by Gasteiger charge is 2.32. The van der Waals surface area contributed by atoms with Crippen LogP contribution in [0.5, 0.6) is 5.75 Å². The lowest BCUT2D eigenvalue weighted by Gasteiger charge is -2.32. The van der Waals surface area contributed by atoms with Crippen LogP contribution in [0.15, 0.2) is 82.2 Å². The lowest BCUT2D eigenvalue weighted by molar-refractivity contribution is -0.139. The molecule has 0 aliphatic heterocycles. The van der Waals surface area contributed by atoms with Crippen molar-refractivity contribution in [2.75, 3.05) is 24.0 Å². The number of nitrogens with zero attached hydrogens (tertiary/aromatic N) is 2. The Labute approximate surface area is 251 Å². The van der Waals surface area contributed by atoms with Crippen LogP contribution in [0.1, 0.15) is 38.8 Å². The number of amides is 2. The minimum atomic E-state index is -4.15. The Balaban J connectivity index is 2.01. The van der Waals surface area contributed by atoms with Crippen molar-refractivity contribution in [1.29, 1.82) is 0 Å². The molecule has 0 aliphatic carbocycles. The Kier molecular flexibility index (Phi) is 11.4. The fraction of sp³-hybridized carbons (Fsp3) is 0.355. The third kappa shape index (κ3) is 8.81. The van der Waals surface area contributed by atoms with Crippen molar-refractivity contribution in [3.05, 3.63) is 88.4 Å². The van der Waals surface area contributed by atoms with Gasteiger partial charge in [0, 0.05) is 17.6 Å². The van der Waals surface area contributed by atoms with Gasteiger partial charge in [-0.25, -0.2) is 8.42 Å². The highest BCUT2D eigenvalue weighted by molar-refractivity contribution is 9.10. The van der Waals surface area contributed by atoms with Crippen molar-refractivity contribution in [3.63, 3.8) is 0 Å². The zero-order valence-corrected chi connectivity index (χ0v) is 26.5. The summed E-state index contributed by atoms with van der Waals surface area (Å²) in [6.45, 7) is 10.0. The zero-order chi connectivity index (χ0) is 30.2. The van der Waals surface area contributed by atoms with Crippen molar-refractivity contribution < 1.29 is 22.7 Å². The molecule has 0 unspecified atom stereocenters. The molecule has 41 heavy (non-hydrogen) atoms. The van der Waals surface area contributed by atoms with Crippen LogP contribution in [-0.2, 0) is 26.2 Å². The van der Waals surface area contributed by atoms with Gasteiger partial charge in [0.15, 0.2) is 0 Å². The van der Waals surface area contributed by atoms with Crippen LogP contribution in [0.25, 0.3) is 0 Å². The Morgan fingerprint density at radius 2 is 1.54 bits per heavy atom. The largest absolute Gasteiger partial charge is 0.494 e. The number of benzene rings is 3. The molecule has 3 rings (SSSR count). The maximum Gasteiger partial charge on any atom is 0.264 e. The second kappa shape index (κ2) is 14.5. The predicted octanol–water partition coefficient (Wildman–Crippen LogP) is 5.54. The maximum atomic E-state index is 14.0. The van der Waals surface area contributed by atoms with Gasteiger partial charge in [-0.05, 0) is 80.8 Å². The molecule has 0 aliphatic rings. The molecule has 0 saturated heterocycles. The minimum Gasteiger partial charge on any atom is -0.494 e. The molecule has 10 heteroatoms. The lowest BCUT2D eigenvalue weighted by atomic mass is 10.1. The van der Waals surface area contributed by atoms with E-state index in [1.807, 2.05) is 52.0 Å².